The number of nitro groups is 1. The van der Waals surface area contributed by atoms with Crippen LogP contribution in [0.1, 0.15) is 18.4 Å². The second-order valence-electron chi connectivity index (χ2n) is 4.83. The highest BCUT2D eigenvalue weighted by molar-refractivity contribution is 9.10. The molecule has 19 heavy (non-hydrogen) atoms. The Balaban J connectivity index is 1.96. The topological polar surface area (TPSA) is 71.3 Å². The lowest BCUT2D eigenvalue weighted by molar-refractivity contribution is -0.385. The molecule has 1 aliphatic rings. The summed E-state index contributed by atoms with van der Waals surface area (Å²) in [6, 6.07) is 0.733. The number of halogens is 1. The van der Waals surface area contributed by atoms with Crippen molar-refractivity contribution in [1.82, 2.24) is 9.88 Å². The van der Waals surface area contributed by atoms with E-state index in [1.807, 2.05) is 0 Å². The normalized spacial score (nSPS) is 14.7. The maximum atomic E-state index is 10.8. The minimum Gasteiger partial charge on any atom is -0.368 e. The molecule has 1 N–H and O–H groups in total. The minimum atomic E-state index is -0.419. The lowest BCUT2D eigenvalue weighted by Gasteiger charge is -2.16. The molecule has 0 aromatic carbocycles. The van der Waals surface area contributed by atoms with Crippen LogP contribution in [0.15, 0.2) is 10.7 Å². The first-order valence-electron chi connectivity index (χ1n) is 6.24. The van der Waals surface area contributed by atoms with Gasteiger partial charge in [-0.25, -0.2) is 4.98 Å². The van der Waals surface area contributed by atoms with Crippen LogP contribution in [0.2, 0.25) is 0 Å². The van der Waals surface area contributed by atoms with E-state index in [4.69, 9.17) is 0 Å². The van der Waals surface area contributed by atoms with Gasteiger partial charge in [0.15, 0.2) is 0 Å². The van der Waals surface area contributed by atoms with Crippen LogP contribution < -0.4 is 5.32 Å². The Morgan fingerprint density at radius 2 is 2.32 bits per heavy atom. The Hall–Kier alpha value is -1.21. The molecule has 2 rings (SSSR count). The third-order valence-electron chi connectivity index (χ3n) is 3.36. The zero-order valence-electron chi connectivity index (χ0n) is 11.0. The minimum absolute atomic E-state index is 0.0347. The van der Waals surface area contributed by atoms with Gasteiger partial charge in [0.25, 0.3) is 5.69 Å². The first-order chi connectivity index (χ1) is 9.00. The van der Waals surface area contributed by atoms with E-state index in [1.54, 1.807) is 6.92 Å². The molecule has 0 amide bonds. The predicted octanol–water partition coefficient (Wildman–Crippen LogP) is 2.57. The van der Waals surface area contributed by atoms with Crippen molar-refractivity contribution in [3.63, 3.8) is 0 Å². The van der Waals surface area contributed by atoms with Crippen molar-refractivity contribution < 1.29 is 4.92 Å². The van der Waals surface area contributed by atoms with E-state index in [1.165, 1.54) is 19.0 Å². The predicted molar refractivity (Wildman–Crippen MR) is 77.5 cm³/mol. The van der Waals surface area contributed by atoms with Gasteiger partial charge in [-0.15, -0.1) is 0 Å². The molecule has 104 valence electrons. The molecule has 0 bridgehead atoms. The summed E-state index contributed by atoms with van der Waals surface area (Å²) in [6.45, 7) is 3.43. The Bertz CT molecular complexity index is 491. The van der Waals surface area contributed by atoms with Gasteiger partial charge < -0.3 is 10.2 Å². The SMILES string of the molecule is Cc1c([N+](=O)[O-])cnc(NCCN(C)C2CC2)c1Br. The second kappa shape index (κ2) is 5.83. The number of hydrogen-bond acceptors (Lipinski definition) is 5. The maximum Gasteiger partial charge on any atom is 0.291 e. The first kappa shape index (κ1) is 14.2. The summed E-state index contributed by atoms with van der Waals surface area (Å²) >= 11 is 3.36. The fraction of sp³-hybridized carbons (Fsp3) is 0.583. The number of pyridine rings is 1. The van der Waals surface area contributed by atoms with Gasteiger partial charge in [-0.3, -0.25) is 10.1 Å². The van der Waals surface area contributed by atoms with Gasteiger partial charge in [-0.2, -0.15) is 0 Å². The summed E-state index contributed by atoms with van der Waals surface area (Å²) in [5.41, 5.74) is 0.630. The zero-order chi connectivity index (χ0) is 14.0. The van der Waals surface area contributed by atoms with Crippen LogP contribution in [0.5, 0.6) is 0 Å². The molecule has 6 nitrogen and oxygen atoms in total. The van der Waals surface area contributed by atoms with Gasteiger partial charge in [-0.05, 0) is 42.7 Å². The van der Waals surface area contributed by atoms with Gasteiger partial charge in [0.2, 0.25) is 0 Å². The summed E-state index contributed by atoms with van der Waals surface area (Å²) in [4.78, 5) is 16.8. The smallest absolute Gasteiger partial charge is 0.291 e. The molecular weight excluding hydrogens is 312 g/mol. The van der Waals surface area contributed by atoms with Gasteiger partial charge >= 0.3 is 0 Å². The van der Waals surface area contributed by atoms with Crippen molar-refractivity contribution in [2.45, 2.75) is 25.8 Å². The van der Waals surface area contributed by atoms with Gasteiger partial charge in [-0.1, -0.05) is 0 Å². The van der Waals surface area contributed by atoms with Crippen LogP contribution >= 0.6 is 15.9 Å². The standard InChI is InChI=1S/C12H17BrN4O2/c1-8-10(17(18)19)7-15-12(11(8)13)14-5-6-16(2)9-3-4-9/h7,9H,3-6H2,1-2H3,(H,14,15). The van der Waals surface area contributed by atoms with Crippen LogP contribution in [-0.4, -0.2) is 41.0 Å². The molecule has 1 aromatic heterocycles. The molecule has 1 fully saturated rings. The van der Waals surface area contributed by atoms with Gasteiger partial charge in [0.05, 0.1) is 9.40 Å². The quantitative estimate of drug-likeness (QED) is 0.641. The summed E-state index contributed by atoms with van der Waals surface area (Å²) in [5.74, 6) is 0.660. The maximum absolute atomic E-state index is 10.8. The van der Waals surface area contributed by atoms with Crippen LogP contribution in [0, 0.1) is 17.0 Å². The summed E-state index contributed by atoms with van der Waals surface area (Å²) in [6.07, 6.45) is 3.87. The van der Waals surface area contributed by atoms with E-state index in [0.29, 0.717) is 15.9 Å². The third kappa shape index (κ3) is 3.42. The number of nitrogens with zero attached hydrogens (tertiary/aromatic N) is 3. The van der Waals surface area contributed by atoms with Gasteiger partial charge in [0, 0.05) is 24.7 Å². The van der Waals surface area contributed by atoms with E-state index >= 15 is 0 Å². The number of nitrogens with one attached hydrogen (secondary N) is 1. The number of likely N-dealkylation sites (N-methyl/N-ethyl adjacent to an activating group) is 1. The van der Waals surface area contributed by atoms with Crippen molar-refractivity contribution in [3.8, 4) is 0 Å². The zero-order valence-corrected chi connectivity index (χ0v) is 12.6. The van der Waals surface area contributed by atoms with Crippen molar-refractivity contribution in [2.75, 3.05) is 25.5 Å². The monoisotopic (exact) mass is 328 g/mol. The van der Waals surface area contributed by atoms with E-state index in [9.17, 15) is 10.1 Å². The highest BCUT2D eigenvalue weighted by atomic mass is 79.9. The number of rotatable bonds is 6. The van der Waals surface area contributed by atoms with E-state index < -0.39 is 4.92 Å². The molecule has 1 aromatic rings. The summed E-state index contributed by atoms with van der Waals surface area (Å²) in [7, 11) is 2.11. The van der Waals surface area contributed by atoms with Crippen molar-refractivity contribution in [1.29, 1.82) is 0 Å². The van der Waals surface area contributed by atoms with Crippen LogP contribution in [0.25, 0.3) is 0 Å². The summed E-state index contributed by atoms with van der Waals surface area (Å²) in [5, 5.41) is 14.0. The van der Waals surface area contributed by atoms with Crippen molar-refractivity contribution in [2.24, 2.45) is 0 Å². The van der Waals surface area contributed by atoms with Crippen LogP contribution in [0.3, 0.4) is 0 Å². The number of hydrogen-bond donors (Lipinski definition) is 1. The number of aromatic nitrogens is 1. The van der Waals surface area contributed by atoms with Crippen LogP contribution in [0.4, 0.5) is 11.5 Å². The van der Waals surface area contributed by atoms with Crippen molar-refractivity contribution in [3.05, 3.63) is 26.3 Å². The Morgan fingerprint density at radius 1 is 1.63 bits per heavy atom. The summed E-state index contributed by atoms with van der Waals surface area (Å²) < 4.78 is 0.663. The molecule has 1 heterocycles. The highest BCUT2D eigenvalue weighted by Gasteiger charge is 2.25. The Kier molecular flexibility index (Phi) is 4.36. The molecule has 0 aliphatic heterocycles. The lowest BCUT2D eigenvalue weighted by atomic mass is 10.2. The molecule has 1 saturated carbocycles. The van der Waals surface area contributed by atoms with E-state index in [2.05, 4.69) is 38.2 Å². The van der Waals surface area contributed by atoms with E-state index in [-0.39, 0.29) is 5.69 Å². The molecule has 0 spiro atoms. The molecule has 0 atom stereocenters. The van der Waals surface area contributed by atoms with Crippen LogP contribution in [-0.2, 0) is 0 Å². The average molecular weight is 329 g/mol. The van der Waals surface area contributed by atoms with E-state index in [0.717, 1.165) is 19.1 Å². The molecule has 0 saturated heterocycles. The average Bonchev–Trinajstić information content (AvgIpc) is 3.18. The largest absolute Gasteiger partial charge is 0.368 e. The fourth-order valence-corrected chi connectivity index (χ4v) is 2.37. The molecular formula is C12H17BrN4O2. The Morgan fingerprint density at radius 3 is 2.89 bits per heavy atom. The molecule has 0 radical (unpaired) electrons. The lowest BCUT2D eigenvalue weighted by Crippen LogP contribution is -2.27. The number of anilines is 1. The fourth-order valence-electron chi connectivity index (χ4n) is 1.93. The van der Waals surface area contributed by atoms with Crippen molar-refractivity contribution >= 4 is 27.4 Å². The van der Waals surface area contributed by atoms with Gasteiger partial charge in [0.1, 0.15) is 12.0 Å². The third-order valence-corrected chi connectivity index (χ3v) is 4.33. The molecule has 0 unspecified atom stereocenters. The Labute approximate surface area is 120 Å². The molecule has 1 aliphatic carbocycles. The highest BCUT2D eigenvalue weighted by Crippen LogP contribution is 2.30. The first-order valence-corrected chi connectivity index (χ1v) is 7.03. The second-order valence-corrected chi connectivity index (χ2v) is 5.62. The molecule has 7 heteroatoms.